The van der Waals surface area contributed by atoms with Gasteiger partial charge in [0.2, 0.25) is 0 Å². The monoisotopic (exact) mass is 312 g/mol. The number of aryl methyl sites for hydroxylation is 3. The van der Waals surface area contributed by atoms with E-state index in [9.17, 15) is 4.79 Å². The Morgan fingerprint density at radius 1 is 1.18 bits per heavy atom. The van der Waals surface area contributed by atoms with Crippen LogP contribution < -0.4 is 5.32 Å². The summed E-state index contributed by atoms with van der Waals surface area (Å²) in [6, 6.07) is 9.83. The Balaban J connectivity index is 1.89. The van der Waals surface area contributed by atoms with Crippen molar-refractivity contribution in [3.05, 3.63) is 58.4 Å². The Morgan fingerprint density at radius 2 is 2.00 bits per heavy atom. The maximum atomic E-state index is 12.5. The van der Waals surface area contributed by atoms with Gasteiger partial charge in [-0.25, -0.2) is 4.98 Å². The molecule has 0 radical (unpaired) electrons. The molecule has 2 heterocycles. The summed E-state index contributed by atoms with van der Waals surface area (Å²) < 4.78 is 5.41. The number of carbonyl (C=O) groups is 1. The number of amides is 1. The molecule has 5 heteroatoms. The highest BCUT2D eigenvalue weighted by atomic mass is 32.1. The summed E-state index contributed by atoms with van der Waals surface area (Å²) in [5, 5.41) is 2.90. The molecule has 112 valence electrons. The minimum atomic E-state index is -0.262. The molecule has 0 saturated heterocycles. The third-order valence-electron chi connectivity index (χ3n) is 3.38. The highest BCUT2D eigenvalue weighted by molar-refractivity contribution is 7.15. The molecule has 1 aromatic carbocycles. The largest absolute Gasteiger partial charge is 0.442 e. The molecule has 0 aliphatic carbocycles. The fraction of sp³-hybridized carbons (Fsp3) is 0.176. The van der Waals surface area contributed by atoms with E-state index in [0.29, 0.717) is 11.5 Å². The highest BCUT2D eigenvalue weighted by Gasteiger charge is 2.20. The van der Waals surface area contributed by atoms with Crippen molar-refractivity contribution in [3.8, 4) is 10.6 Å². The highest BCUT2D eigenvalue weighted by Crippen LogP contribution is 2.30. The van der Waals surface area contributed by atoms with Crippen molar-refractivity contribution in [2.75, 3.05) is 5.32 Å². The molecular weight excluding hydrogens is 296 g/mol. The third kappa shape index (κ3) is 2.80. The Labute approximate surface area is 132 Å². The minimum absolute atomic E-state index is 0.262. The van der Waals surface area contributed by atoms with Gasteiger partial charge in [-0.1, -0.05) is 17.7 Å². The van der Waals surface area contributed by atoms with Crippen molar-refractivity contribution in [2.24, 2.45) is 0 Å². The molecule has 3 rings (SSSR count). The van der Waals surface area contributed by atoms with Gasteiger partial charge in [0.1, 0.15) is 0 Å². The average molecular weight is 312 g/mol. The molecule has 0 bridgehead atoms. The molecule has 0 spiro atoms. The zero-order valence-corrected chi connectivity index (χ0v) is 13.5. The minimum Gasteiger partial charge on any atom is -0.442 e. The zero-order chi connectivity index (χ0) is 15.7. The van der Waals surface area contributed by atoms with Gasteiger partial charge in [-0.15, -0.1) is 11.3 Å². The smallest absolute Gasteiger partial charge is 0.278 e. The molecule has 1 N–H and O–H groups in total. The van der Waals surface area contributed by atoms with Crippen molar-refractivity contribution < 1.29 is 9.21 Å². The lowest BCUT2D eigenvalue weighted by atomic mass is 10.1. The van der Waals surface area contributed by atoms with Crippen molar-refractivity contribution >= 4 is 22.9 Å². The summed E-state index contributed by atoms with van der Waals surface area (Å²) >= 11 is 1.57. The molecule has 0 unspecified atom stereocenters. The maximum Gasteiger partial charge on any atom is 0.278 e. The first kappa shape index (κ1) is 14.5. The van der Waals surface area contributed by atoms with Crippen molar-refractivity contribution in [1.82, 2.24) is 4.98 Å². The van der Waals surface area contributed by atoms with Crippen molar-refractivity contribution in [3.63, 3.8) is 0 Å². The van der Waals surface area contributed by atoms with Gasteiger partial charge in [0.05, 0.1) is 4.88 Å². The molecule has 22 heavy (non-hydrogen) atoms. The summed E-state index contributed by atoms with van der Waals surface area (Å²) in [6.45, 7) is 6.00. The second kappa shape index (κ2) is 5.77. The van der Waals surface area contributed by atoms with Gasteiger partial charge in [0.25, 0.3) is 5.91 Å². The number of nitrogens with one attached hydrogen (secondary N) is 1. The topological polar surface area (TPSA) is 55.1 Å². The molecular formula is C17H16N2O2S. The average Bonchev–Trinajstić information content (AvgIpc) is 3.10. The van der Waals surface area contributed by atoms with E-state index in [1.54, 1.807) is 11.3 Å². The number of benzene rings is 1. The Morgan fingerprint density at radius 3 is 2.68 bits per heavy atom. The van der Waals surface area contributed by atoms with Gasteiger partial charge in [-0.2, -0.15) is 0 Å². The lowest BCUT2D eigenvalue weighted by Gasteiger charge is -2.08. The zero-order valence-electron chi connectivity index (χ0n) is 12.6. The molecule has 0 saturated carbocycles. The van der Waals surface area contributed by atoms with Gasteiger partial charge in [0, 0.05) is 10.6 Å². The predicted molar refractivity (Wildman–Crippen MR) is 88.4 cm³/mol. The second-order valence-corrected chi connectivity index (χ2v) is 6.50. The molecule has 3 aromatic rings. The number of rotatable bonds is 3. The summed E-state index contributed by atoms with van der Waals surface area (Å²) in [5.41, 5.74) is 3.27. The Hall–Kier alpha value is -2.40. The first-order chi connectivity index (χ1) is 10.5. The van der Waals surface area contributed by atoms with E-state index in [1.807, 2.05) is 51.1 Å². The van der Waals surface area contributed by atoms with Crippen LogP contribution >= 0.6 is 11.3 Å². The molecule has 0 aliphatic heterocycles. The van der Waals surface area contributed by atoms with Crippen LogP contribution in [-0.2, 0) is 0 Å². The van der Waals surface area contributed by atoms with Crippen LogP contribution in [0, 0.1) is 20.8 Å². The quantitative estimate of drug-likeness (QED) is 0.770. The molecule has 2 aromatic heterocycles. The van der Waals surface area contributed by atoms with Crippen LogP contribution in [0.25, 0.3) is 10.6 Å². The van der Waals surface area contributed by atoms with E-state index in [2.05, 4.69) is 10.3 Å². The standard InChI is InChI=1S/C17H16N2O2S/c1-10-4-6-13(11(2)8-10)19-17(20)15-16(21-9-18-15)14-7-5-12(3)22-14/h4-9H,1-3H3,(H,19,20). The predicted octanol–water partition coefficient (Wildman–Crippen LogP) is 4.58. The van der Waals surface area contributed by atoms with Crippen molar-refractivity contribution in [1.29, 1.82) is 0 Å². The summed E-state index contributed by atoms with van der Waals surface area (Å²) in [4.78, 5) is 18.6. The second-order valence-electron chi connectivity index (χ2n) is 5.21. The van der Waals surface area contributed by atoms with E-state index >= 15 is 0 Å². The maximum absolute atomic E-state index is 12.5. The number of hydrogen-bond acceptors (Lipinski definition) is 4. The van der Waals surface area contributed by atoms with Crippen LogP contribution in [0.5, 0.6) is 0 Å². The Bertz CT molecular complexity index is 833. The number of nitrogens with zero attached hydrogens (tertiary/aromatic N) is 1. The fourth-order valence-corrected chi connectivity index (χ4v) is 3.13. The number of anilines is 1. The normalized spacial score (nSPS) is 10.7. The van der Waals surface area contributed by atoms with Crippen LogP contribution in [0.4, 0.5) is 5.69 Å². The summed E-state index contributed by atoms with van der Waals surface area (Å²) in [5.74, 6) is 0.252. The Kier molecular flexibility index (Phi) is 3.81. The van der Waals surface area contributed by atoms with E-state index in [1.165, 1.54) is 6.39 Å². The van der Waals surface area contributed by atoms with E-state index in [-0.39, 0.29) is 5.91 Å². The first-order valence-electron chi connectivity index (χ1n) is 6.93. The lowest BCUT2D eigenvalue weighted by Crippen LogP contribution is -2.14. The first-order valence-corrected chi connectivity index (χ1v) is 7.75. The van der Waals surface area contributed by atoms with Crippen molar-refractivity contribution in [2.45, 2.75) is 20.8 Å². The number of aromatic nitrogens is 1. The number of oxazole rings is 1. The molecule has 1 amide bonds. The molecule has 0 aliphatic rings. The summed E-state index contributed by atoms with van der Waals surface area (Å²) in [6.07, 6.45) is 1.31. The van der Waals surface area contributed by atoms with Crippen LogP contribution in [0.2, 0.25) is 0 Å². The molecule has 0 atom stereocenters. The van der Waals surface area contributed by atoms with Crippen LogP contribution in [0.3, 0.4) is 0 Å². The third-order valence-corrected chi connectivity index (χ3v) is 4.38. The number of carbonyl (C=O) groups excluding carboxylic acids is 1. The van der Waals surface area contributed by atoms with Gasteiger partial charge in [-0.3, -0.25) is 4.79 Å². The van der Waals surface area contributed by atoms with E-state index in [4.69, 9.17) is 4.42 Å². The van der Waals surface area contributed by atoms with Gasteiger partial charge < -0.3 is 9.73 Å². The lowest BCUT2D eigenvalue weighted by molar-refractivity contribution is 0.102. The van der Waals surface area contributed by atoms with Gasteiger partial charge in [-0.05, 0) is 44.5 Å². The molecule has 4 nitrogen and oxygen atoms in total. The van der Waals surface area contributed by atoms with Gasteiger partial charge in [0.15, 0.2) is 17.8 Å². The van der Waals surface area contributed by atoms with E-state index in [0.717, 1.165) is 26.6 Å². The van der Waals surface area contributed by atoms with E-state index < -0.39 is 0 Å². The van der Waals surface area contributed by atoms with Gasteiger partial charge >= 0.3 is 0 Å². The fourth-order valence-electron chi connectivity index (χ4n) is 2.27. The van der Waals surface area contributed by atoms with Crippen LogP contribution in [-0.4, -0.2) is 10.9 Å². The number of hydrogen-bond donors (Lipinski definition) is 1. The number of thiophene rings is 1. The molecule has 0 fully saturated rings. The van der Waals surface area contributed by atoms with Crippen LogP contribution in [0.1, 0.15) is 26.5 Å². The summed E-state index contributed by atoms with van der Waals surface area (Å²) in [7, 11) is 0. The SMILES string of the molecule is Cc1ccc(NC(=O)c2ncoc2-c2ccc(C)s2)c(C)c1. The van der Waals surface area contributed by atoms with Crippen LogP contribution in [0.15, 0.2) is 41.1 Å².